The summed E-state index contributed by atoms with van der Waals surface area (Å²) < 4.78 is 5.04. The SMILES string of the molecule is COC(=O)[C@](C[N+](=O)[O-])(c1ccccc1C)c1c[nH]c2ccccc12. The van der Waals surface area contributed by atoms with Crippen molar-refractivity contribution >= 4 is 16.9 Å². The van der Waals surface area contributed by atoms with E-state index in [1.54, 1.807) is 18.3 Å². The number of benzene rings is 2. The molecule has 0 aliphatic rings. The lowest BCUT2D eigenvalue weighted by molar-refractivity contribution is -0.486. The van der Waals surface area contributed by atoms with Gasteiger partial charge in [0.2, 0.25) is 6.54 Å². The van der Waals surface area contributed by atoms with Crippen molar-refractivity contribution in [2.24, 2.45) is 0 Å². The number of esters is 1. The zero-order valence-electron chi connectivity index (χ0n) is 14.0. The van der Waals surface area contributed by atoms with Crippen LogP contribution in [0, 0.1) is 17.0 Å². The predicted octanol–water partition coefficient (Wildman–Crippen LogP) is 3.21. The lowest BCUT2D eigenvalue weighted by Crippen LogP contribution is -2.44. The molecule has 128 valence electrons. The first kappa shape index (κ1) is 16.7. The Bertz CT molecular complexity index is 947. The van der Waals surface area contributed by atoms with Gasteiger partial charge in [0.25, 0.3) is 0 Å². The number of nitrogens with one attached hydrogen (secondary N) is 1. The average molecular weight is 338 g/mol. The van der Waals surface area contributed by atoms with Crippen molar-refractivity contribution in [3.8, 4) is 0 Å². The van der Waals surface area contributed by atoms with Crippen LogP contribution in [0.4, 0.5) is 0 Å². The third kappa shape index (κ3) is 2.65. The Labute approximate surface area is 144 Å². The molecular weight excluding hydrogens is 320 g/mol. The molecule has 6 nitrogen and oxygen atoms in total. The van der Waals surface area contributed by atoms with Gasteiger partial charge in [0.1, 0.15) is 0 Å². The number of aromatic amines is 1. The van der Waals surface area contributed by atoms with Gasteiger partial charge in [-0.3, -0.25) is 14.9 Å². The molecule has 0 radical (unpaired) electrons. The molecule has 3 aromatic rings. The predicted molar refractivity (Wildman–Crippen MR) is 94.1 cm³/mol. The molecule has 0 unspecified atom stereocenters. The van der Waals surface area contributed by atoms with E-state index in [-0.39, 0.29) is 0 Å². The van der Waals surface area contributed by atoms with Crippen LogP contribution in [0.25, 0.3) is 10.9 Å². The number of carbonyl (C=O) groups excluding carboxylic acids is 1. The number of para-hydroxylation sites is 1. The summed E-state index contributed by atoms with van der Waals surface area (Å²) >= 11 is 0. The Morgan fingerprint density at radius 1 is 1.16 bits per heavy atom. The molecule has 0 saturated heterocycles. The second kappa shape index (κ2) is 6.39. The number of H-pyrrole nitrogens is 1. The van der Waals surface area contributed by atoms with Crippen molar-refractivity contribution in [1.29, 1.82) is 0 Å². The van der Waals surface area contributed by atoms with E-state index < -0.39 is 22.9 Å². The van der Waals surface area contributed by atoms with Gasteiger partial charge in [0.15, 0.2) is 5.41 Å². The first-order valence-electron chi connectivity index (χ1n) is 7.83. The van der Waals surface area contributed by atoms with Crippen LogP contribution in [0.15, 0.2) is 54.7 Å². The fourth-order valence-electron chi connectivity index (χ4n) is 3.44. The molecule has 0 fully saturated rings. The van der Waals surface area contributed by atoms with Gasteiger partial charge in [-0.1, -0.05) is 42.5 Å². The minimum absolute atomic E-state index is 0.467. The molecule has 1 heterocycles. The van der Waals surface area contributed by atoms with Crippen molar-refractivity contribution in [1.82, 2.24) is 4.98 Å². The molecule has 6 heteroatoms. The number of fused-ring (bicyclic) bond motifs is 1. The van der Waals surface area contributed by atoms with Crippen LogP contribution in [0.5, 0.6) is 0 Å². The Morgan fingerprint density at radius 3 is 2.52 bits per heavy atom. The molecule has 0 saturated carbocycles. The smallest absolute Gasteiger partial charge is 0.327 e. The van der Waals surface area contributed by atoms with Crippen molar-refractivity contribution in [2.75, 3.05) is 13.7 Å². The summed E-state index contributed by atoms with van der Waals surface area (Å²) in [7, 11) is 1.25. The van der Waals surface area contributed by atoms with Crippen LogP contribution in [0.2, 0.25) is 0 Å². The lowest BCUT2D eigenvalue weighted by Gasteiger charge is -2.29. The number of nitrogens with zero attached hydrogens (tertiary/aromatic N) is 1. The van der Waals surface area contributed by atoms with E-state index in [0.717, 1.165) is 16.5 Å². The molecule has 1 atom stereocenters. The van der Waals surface area contributed by atoms with Gasteiger partial charge in [-0.25, -0.2) is 0 Å². The van der Waals surface area contributed by atoms with Gasteiger partial charge >= 0.3 is 5.97 Å². The van der Waals surface area contributed by atoms with Crippen LogP contribution in [-0.2, 0) is 14.9 Å². The summed E-state index contributed by atoms with van der Waals surface area (Å²) in [6.07, 6.45) is 1.66. The van der Waals surface area contributed by atoms with E-state index >= 15 is 0 Å². The zero-order valence-corrected chi connectivity index (χ0v) is 14.0. The molecule has 0 aliphatic heterocycles. The minimum atomic E-state index is -1.52. The fourth-order valence-corrected chi connectivity index (χ4v) is 3.44. The molecule has 3 rings (SSSR count). The Kier molecular flexibility index (Phi) is 4.27. The molecule has 0 aliphatic carbocycles. The van der Waals surface area contributed by atoms with Crippen LogP contribution < -0.4 is 0 Å². The Morgan fingerprint density at radius 2 is 1.84 bits per heavy atom. The number of carbonyl (C=O) groups is 1. The maximum atomic E-state index is 12.9. The topological polar surface area (TPSA) is 85.2 Å². The average Bonchev–Trinajstić information content (AvgIpc) is 3.04. The van der Waals surface area contributed by atoms with Gasteiger partial charge in [-0.05, 0) is 24.1 Å². The number of methoxy groups -OCH3 is 1. The van der Waals surface area contributed by atoms with Crippen molar-refractivity contribution < 1.29 is 14.5 Å². The highest BCUT2D eigenvalue weighted by Gasteiger charge is 2.50. The van der Waals surface area contributed by atoms with Crippen LogP contribution >= 0.6 is 0 Å². The summed E-state index contributed by atoms with van der Waals surface area (Å²) in [5.74, 6) is -0.650. The number of ether oxygens (including phenoxy) is 1. The van der Waals surface area contributed by atoms with Gasteiger partial charge < -0.3 is 9.72 Å². The van der Waals surface area contributed by atoms with Gasteiger partial charge in [-0.2, -0.15) is 0 Å². The van der Waals surface area contributed by atoms with Crippen molar-refractivity contribution in [3.05, 3.63) is 81.5 Å². The maximum absolute atomic E-state index is 12.9. The molecule has 1 aromatic heterocycles. The largest absolute Gasteiger partial charge is 0.468 e. The van der Waals surface area contributed by atoms with Gasteiger partial charge in [-0.15, -0.1) is 0 Å². The molecule has 1 N–H and O–H groups in total. The van der Waals surface area contributed by atoms with E-state index in [1.165, 1.54) is 7.11 Å². The third-order valence-electron chi connectivity index (χ3n) is 4.55. The molecule has 0 spiro atoms. The van der Waals surface area contributed by atoms with Crippen molar-refractivity contribution in [2.45, 2.75) is 12.3 Å². The van der Waals surface area contributed by atoms with E-state index in [9.17, 15) is 14.9 Å². The second-order valence-corrected chi connectivity index (χ2v) is 5.95. The standard InChI is InChI=1S/C19H18N2O4/c1-13-7-3-5-9-15(13)19(12-21(23)24,18(22)25-2)16-11-20-17-10-6-4-8-14(16)17/h3-11,20H,12H2,1-2H3/t19-/m1/s1. The van der Waals surface area contributed by atoms with E-state index in [1.807, 2.05) is 43.3 Å². The van der Waals surface area contributed by atoms with Crippen LogP contribution in [0.3, 0.4) is 0 Å². The lowest BCUT2D eigenvalue weighted by atomic mass is 9.72. The first-order valence-corrected chi connectivity index (χ1v) is 7.83. The normalized spacial score (nSPS) is 13.4. The van der Waals surface area contributed by atoms with Crippen molar-refractivity contribution in [3.63, 3.8) is 0 Å². The van der Waals surface area contributed by atoms with Crippen LogP contribution in [0.1, 0.15) is 16.7 Å². The van der Waals surface area contributed by atoms with E-state index in [0.29, 0.717) is 11.1 Å². The summed E-state index contributed by atoms with van der Waals surface area (Å²) in [5.41, 5.74) is 1.19. The van der Waals surface area contributed by atoms with E-state index in [2.05, 4.69) is 4.98 Å². The van der Waals surface area contributed by atoms with Gasteiger partial charge in [0, 0.05) is 27.6 Å². The maximum Gasteiger partial charge on any atom is 0.327 e. The Hall–Kier alpha value is -3.15. The number of hydrogen-bond donors (Lipinski definition) is 1. The highest BCUT2D eigenvalue weighted by molar-refractivity contribution is 5.96. The van der Waals surface area contributed by atoms with Crippen LogP contribution in [-0.4, -0.2) is 29.5 Å². The molecular formula is C19H18N2O4. The highest BCUT2D eigenvalue weighted by Crippen LogP contribution is 2.39. The number of aromatic nitrogens is 1. The summed E-state index contributed by atoms with van der Waals surface area (Å²) in [5, 5.41) is 12.3. The Balaban J connectivity index is 2.40. The highest BCUT2D eigenvalue weighted by atomic mass is 16.6. The minimum Gasteiger partial charge on any atom is -0.468 e. The quantitative estimate of drug-likeness (QED) is 0.440. The fraction of sp³-hybridized carbons (Fsp3) is 0.211. The molecule has 25 heavy (non-hydrogen) atoms. The number of nitro groups is 1. The van der Waals surface area contributed by atoms with Gasteiger partial charge in [0.05, 0.1) is 7.11 Å². The number of rotatable bonds is 5. The second-order valence-electron chi connectivity index (χ2n) is 5.95. The molecule has 2 aromatic carbocycles. The first-order chi connectivity index (χ1) is 12.0. The number of hydrogen-bond acceptors (Lipinski definition) is 4. The summed E-state index contributed by atoms with van der Waals surface area (Å²) in [6.45, 7) is 1.24. The number of aryl methyl sites for hydroxylation is 1. The summed E-state index contributed by atoms with van der Waals surface area (Å²) in [6, 6.07) is 14.6. The molecule has 0 bridgehead atoms. The summed E-state index contributed by atoms with van der Waals surface area (Å²) in [4.78, 5) is 27.1. The van der Waals surface area contributed by atoms with E-state index in [4.69, 9.17) is 4.74 Å². The third-order valence-corrected chi connectivity index (χ3v) is 4.55. The molecule has 0 amide bonds. The zero-order chi connectivity index (χ0) is 18.0. The monoisotopic (exact) mass is 338 g/mol.